The monoisotopic (exact) mass is 481 g/mol. The fourth-order valence-corrected chi connectivity index (χ4v) is 8.87. The van der Waals surface area contributed by atoms with Crippen molar-refractivity contribution in [2.45, 2.75) is 43.5 Å². The van der Waals surface area contributed by atoms with E-state index in [0.717, 1.165) is 38.0 Å². The van der Waals surface area contributed by atoms with Gasteiger partial charge < -0.3 is 10.2 Å². The van der Waals surface area contributed by atoms with Gasteiger partial charge in [0.15, 0.2) is 0 Å². The molecule has 3 heterocycles. The average Bonchev–Trinajstić information content (AvgIpc) is 3.16. The van der Waals surface area contributed by atoms with Gasteiger partial charge >= 0.3 is 0 Å². The molecule has 2 aliphatic rings. The van der Waals surface area contributed by atoms with Crippen molar-refractivity contribution in [2.24, 2.45) is 0 Å². The molecule has 3 nitrogen and oxygen atoms in total. The Hall–Kier alpha value is -1.99. The highest BCUT2D eigenvalue weighted by Gasteiger charge is 2.28. The molecule has 2 aliphatic heterocycles. The first kappa shape index (κ1) is 22.8. The first-order valence-electron chi connectivity index (χ1n) is 11.8. The summed E-state index contributed by atoms with van der Waals surface area (Å²) in [5.74, 6) is 0.389. The molecular weight excluding hydrogens is 449 g/mol. The quantitative estimate of drug-likeness (QED) is 0.457. The second-order valence-electron chi connectivity index (χ2n) is 9.31. The van der Waals surface area contributed by atoms with Crippen LogP contribution in [-0.2, 0) is 6.42 Å². The van der Waals surface area contributed by atoms with Gasteiger partial charge in [-0.25, -0.2) is 8.70 Å². The highest BCUT2D eigenvalue weighted by Crippen LogP contribution is 2.42. The van der Waals surface area contributed by atoms with E-state index in [1.807, 2.05) is 23.5 Å². The van der Waals surface area contributed by atoms with E-state index in [0.29, 0.717) is 12.0 Å². The summed E-state index contributed by atoms with van der Waals surface area (Å²) < 4.78 is 17.8. The molecule has 33 heavy (non-hydrogen) atoms. The molecule has 1 N–H and O–H groups in total. The number of piperazine rings is 1. The maximum absolute atomic E-state index is 13.7. The Morgan fingerprint density at radius 2 is 1.97 bits per heavy atom. The van der Waals surface area contributed by atoms with Crippen LogP contribution in [0.3, 0.4) is 0 Å². The van der Waals surface area contributed by atoms with Gasteiger partial charge in [-0.1, -0.05) is 48.8 Å². The van der Waals surface area contributed by atoms with E-state index in [1.165, 1.54) is 30.6 Å². The summed E-state index contributed by atoms with van der Waals surface area (Å²) in [6.45, 7) is 7.69. The molecule has 3 aromatic rings. The minimum absolute atomic E-state index is 0.110. The number of benzene rings is 2. The van der Waals surface area contributed by atoms with Crippen LogP contribution in [0.15, 0.2) is 59.5 Å². The van der Waals surface area contributed by atoms with Crippen molar-refractivity contribution >= 4 is 33.9 Å². The molecule has 0 saturated carbocycles. The van der Waals surface area contributed by atoms with Crippen LogP contribution in [0, 0.1) is 9.64 Å². The summed E-state index contributed by atoms with van der Waals surface area (Å²) in [7, 11) is 2.13. The van der Waals surface area contributed by atoms with E-state index >= 15 is 0 Å². The lowest BCUT2D eigenvalue weighted by molar-refractivity contribution is 0.146. The Balaban J connectivity index is 1.50. The lowest BCUT2D eigenvalue weighted by atomic mass is 10.0. The third kappa shape index (κ3) is 4.80. The number of aryl methyl sites for hydroxylation is 1. The summed E-state index contributed by atoms with van der Waals surface area (Å²) >= 11 is 1.98. The normalized spacial score (nSPS) is 21.1. The highest BCUT2D eigenvalue weighted by atomic mass is 32.2. The molecule has 0 radical (unpaired) electrons. The van der Waals surface area contributed by atoms with Crippen LogP contribution in [0.5, 0.6) is 0 Å². The summed E-state index contributed by atoms with van der Waals surface area (Å²) in [4.78, 5) is 5.33. The molecule has 1 unspecified atom stereocenters. The van der Waals surface area contributed by atoms with Crippen molar-refractivity contribution in [1.29, 1.82) is 0 Å². The van der Waals surface area contributed by atoms with Crippen molar-refractivity contribution in [1.82, 2.24) is 9.21 Å². The number of fused-ring (bicyclic) bond motifs is 2. The number of para-hydroxylation sites is 1. The molecular formula is C27H32FN3S2. The number of hydrogen-bond acceptors (Lipinski definition) is 4. The van der Waals surface area contributed by atoms with Gasteiger partial charge in [-0.15, -0.1) is 11.3 Å². The van der Waals surface area contributed by atoms with Crippen molar-refractivity contribution in [2.75, 3.05) is 32.0 Å². The molecule has 0 aliphatic carbocycles. The van der Waals surface area contributed by atoms with Crippen LogP contribution >= 0.6 is 22.0 Å². The zero-order chi connectivity index (χ0) is 22.9. The predicted molar refractivity (Wildman–Crippen MR) is 140 cm³/mol. The lowest BCUT2D eigenvalue weighted by Crippen LogP contribution is -2.49. The van der Waals surface area contributed by atoms with Gasteiger partial charge in [-0.05, 0) is 61.7 Å². The Morgan fingerprint density at radius 3 is 2.79 bits per heavy atom. The Kier molecular flexibility index (Phi) is 6.70. The minimum atomic E-state index is -0.141. The Labute approximate surface area is 202 Å². The van der Waals surface area contributed by atoms with Gasteiger partial charge in [0.1, 0.15) is 5.82 Å². The molecule has 174 valence electrons. The largest absolute Gasteiger partial charge is 0.360 e. The van der Waals surface area contributed by atoms with Crippen LogP contribution in [0.2, 0.25) is 0 Å². The van der Waals surface area contributed by atoms with Gasteiger partial charge in [0.05, 0.1) is 9.51 Å². The number of hydrogen-bond donors (Lipinski definition) is 1. The number of anilines is 1. The van der Waals surface area contributed by atoms with Crippen LogP contribution in [-0.4, -0.2) is 41.9 Å². The van der Waals surface area contributed by atoms with E-state index in [2.05, 4.69) is 71.9 Å². The van der Waals surface area contributed by atoms with E-state index in [9.17, 15) is 4.39 Å². The fraction of sp³-hybridized carbons (Fsp3) is 0.370. The van der Waals surface area contributed by atoms with Gasteiger partial charge in [-0.3, -0.25) is 0 Å². The molecule has 1 saturated heterocycles. The highest BCUT2D eigenvalue weighted by molar-refractivity contribution is 8.08. The molecule has 2 atom stereocenters. The zero-order valence-electron chi connectivity index (χ0n) is 19.6. The predicted octanol–water partition coefficient (Wildman–Crippen LogP) is 5.92. The SMILES string of the molecule is CC(C)c1cc2c(s1)=S(N1CCN(C)[C@@H](CCc3cccc(F)c3)C1)c1ccccc1NC=2. The standard InChI is InChI=1S/C27H32FN3S2/c1-19(2)25-16-21-17-29-24-9-4-5-10-26(24)33(27(21)32-25)31-14-13-30(3)23(18-31)12-11-20-7-6-8-22(28)15-20/h4-10,15-17,19,23,29H,11-14,18H2,1-3H3/t23-,33?/m0/s1. The first-order chi connectivity index (χ1) is 16.0. The smallest absolute Gasteiger partial charge is 0.123 e. The second kappa shape index (κ2) is 9.71. The van der Waals surface area contributed by atoms with Crippen LogP contribution in [0.25, 0.3) is 6.20 Å². The third-order valence-corrected chi connectivity index (χ3v) is 10.8. The Morgan fingerprint density at radius 1 is 1.12 bits per heavy atom. The number of thiophene rings is 1. The van der Waals surface area contributed by atoms with Gasteiger partial charge in [0.2, 0.25) is 0 Å². The number of nitrogens with one attached hydrogen (secondary N) is 1. The zero-order valence-corrected chi connectivity index (χ0v) is 21.2. The van der Waals surface area contributed by atoms with Gasteiger partial charge in [-0.2, -0.15) is 0 Å². The van der Waals surface area contributed by atoms with Gasteiger partial charge in [0, 0.05) is 46.9 Å². The summed E-state index contributed by atoms with van der Waals surface area (Å²) in [6, 6.07) is 18.7. The van der Waals surface area contributed by atoms with Crippen LogP contribution in [0.4, 0.5) is 10.1 Å². The van der Waals surface area contributed by atoms with E-state index in [-0.39, 0.29) is 16.5 Å². The topological polar surface area (TPSA) is 18.5 Å². The molecule has 0 bridgehead atoms. The summed E-state index contributed by atoms with van der Waals surface area (Å²) in [5, 5.41) is 4.92. The van der Waals surface area contributed by atoms with Crippen molar-refractivity contribution in [3.05, 3.63) is 79.9 Å². The number of likely N-dealkylation sites (N-methyl/N-ethyl adjacent to an activating group) is 1. The van der Waals surface area contributed by atoms with Crippen molar-refractivity contribution in [3.63, 3.8) is 0 Å². The molecule has 5 rings (SSSR count). The Bertz CT molecular complexity index is 1270. The fourth-order valence-electron chi connectivity index (χ4n) is 4.63. The molecule has 1 fully saturated rings. The van der Waals surface area contributed by atoms with Crippen molar-refractivity contribution < 1.29 is 4.39 Å². The van der Waals surface area contributed by atoms with Gasteiger partial charge in [0.25, 0.3) is 0 Å². The first-order valence-corrected chi connectivity index (χ1v) is 13.8. The van der Waals surface area contributed by atoms with Crippen LogP contribution in [0.1, 0.15) is 36.6 Å². The van der Waals surface area contributed by atoms with Crippen LogP contribution < -0.4 is 10.5 Å². The second-order valence-corrected chi connectivity index (χ2v) is 12.6. The number of rotatable bonds is 5. The van der Waals surface area contributed by atoms with E-state index < -0.39 is 0 Å². The number of halogens is 1. The lowest BCUT2D eigenvalue weighted by Gasteiger charge is -2.41. The van der Waals surface area contributed by atoms with Crippen molar-refractivity contribution in [3.8, 4) is 0 Å². The molecule has 0 amide bonds. The molecule has 1 aromatic heterocycles. The van der Waals surface area contributed by atoms with E-state index in [1.54, 1.807) is 6.07 Å². The summed E-state index contributed by atoms with van der Waals surface area (Å²) in [5.41, 5.74) is 2.30. The van der Waals surface area contributed by atoms with E-state index in [4.69, 9.17) is 0 Å². The maximum atomic E-state index is 13.7. The maximum Gasteiger partial charge on any atom is 0.123 e. The summed E-state index contributed by atoms with van der Waals surface area (Å²) in [6.07, 6.45) is 4.14. The molecule has 6 heteroatoms. The molecule has 0 spiro atoms. The average molecular weight is 482 g/mol. The minimum Gasteiger partial charge on any atom is -0.360 e. The number of nitrogens with zero attached hydrogens (tertiary/aromatic N) is 2. The third-order valence-electron chi connectivity index (χ3n) is 6.62. The molecule has 2 aromatic carbocycles.